The van der Waals surface area contributed by atoms with Gasteiger partial charge in [-0.3, -0.25) is 4.57 Å². The first-order valence-electron chi connectivity index (χ1n) is 11.9. The predicted molar refractivity (Wildman–Crippen MR) is 130 cm³/mol. The number of likely N-dealkylation sites (tertiary alicyclic amines) is 1. The fraction of sp³-hybridized carbons (Fsp3) is 0.500. The summed E-state index contributed by atoms with van der Waals surface area (Å²) in [5.41, 5.74) is 0.418. The molecule has 0 bridgehead atoms. The van der Waals surface area contributed by atoms with E-state index >= 15 is 0 Å². The Hall–Kier alpha value is -3.54. The van der Waals surface area contributed by atoms with Gasteiger partial charge in [-0.2, -0.15) is 9.97 Å². The van der Waals surface area contributed by atoms with Crippen molar-refractivity contribution >= 4 is 28.9 Å². The maximum absolute atomic E-state index is 14.0. The van der Waals surface area contributed by atoms with Crippen LogP contribution < -0.4 is 10.2 Å². The number of nitrogens with one attached hydrogen (secondary N) is 1. The van der Waals surface area contributed by atoms with E-state index in [9.17, 15) is 13.6 Å². The summed E-state index contributed by atoms with van der Waals surface area (Å²) in [6, 6.07) is 8.57. The highest BCUT2D eigenvalue weighted by Crippen LogP contribution is 2.29. The van der Waals surface area contributed by atoms with E-state index in [2.05, 4.69) is 20.3 Å². The summed E-state index contributed by atoms with van der Waals surface area (Å²) >= 11 is 0. The summed E-state index contributed by atoms with van der Waals surface area (Å²) in [5, 5.41) is 3.25. The van der Waals surface area contributed by atoms with E-state index in [4.69, 9.17) is 9.47 Å². The summed E-state index contributed by atoms with van der Waals surface area (Å²) in [6.45, 7) is 8.65. The predicted octanol–water partition coefficient (Wildman–Crippen LogP) is 3.62. The number of benzene rings is 1. The number of hydrogen-bond donors (Lipinski definition) is 1. The molecule has 3 aromatic rings. The molecule has 10 nitrogen and oxygen atoms in total. The molecule has 4 heterocycles. The molecule has 0 unspecified atom stereocenters. The van der Waals surface area contributed by atoms with E-state index in [1.54, 1.807) is 35.2 Å². The lowest BCUT2D eigenvalue weighted by molar-refractivity contribution is 0.0104. The molecular weight excluding hydrogens is 472 g/mol. The molecule has 0 spiro atoms. The fourth-order valence-corrected chi connectivity index (χ4v) is 4.22. The SMILES string of the molecule is CC(C)(C)OC(=O)N1CC(Nc2nc(N3CCOCC3)cc(-n3c(C(F)F)nc4ccccc43)n2)C1. The molecule has 2 aromatic heterocycles. The van der Waals surface area contributed by atoms with Crippen LogP contribution in [-0.2, 0) is 9.47 Å². The molecule has 1 amide bonds. The van der Waals surface area contributed by atoms with Crippen LogP contribution >= 0.6 is 0 Å². The first-order valence-corrected chi connectivity index (χ1v) is 11.9. The number of halogens is 2. The number of ether oxygens (including phenoxy) is 2. The Balaban J connectivity index is 1.46. The van der Waals surface area contributed by atoms with Crippen LogP contribution in [0.1, 0.15) is 33.0 Å². The van der Waals surface area contributed by atoms with Crippen molar-refractivity contribution in [3.63, 3.8) is 0 Å². The lowest BCUT2D eigenvalue weighted by atomic mass is 10.1. The van der Waals surface area contributed by atoms with Crippen molar-refractivity contribution in [2.24, 2.45) is 0 Å². The Kier molecular flexibility index (Phi) is 6.37. The Labute approximate surface area is 207 Å². The molecule has 12 heteroatoms. The second kappa shape index (κ2) is 9.49. The zero-order chi connectivity index (χ0) is 25.4. The minimum atomic E-state index is -2.79. The molecule has 2 saturated heterocycles. The highest BCUT2D eigenvalue weighted by atomic mass is 19.3. The minimum Gasteiger partial charge on any atom is -0.444 e. The molecule has 2 fully saturated rings. The van der Waals surface area contributed by atoms with Gasteiger partial charge in [-0.1, -0.05) is 12.1 Å². The minimum absolute atomic E-state index is 0.0978. The molecular formula is C24H29F2N7O3. The van der Waals surface area contributed by atoms with Crippen LogP contribution in [-0.4, -0.2) is 81.5 Å². The van der Waals surface area contributed by atoms with E-state index in [1.165, 1.54) is 4.57 Å². The molecule has 5 rings (SSSR count). The average Bonchev–Trinajstić information content (AvgIpc) is 3.20. The summed E-state index contributed by atoms with van der Waals surface area (Å²) in [5.74, 6) is 0.808. The van der Waals surface area contributed by atoms with E-state index < -0.39 is 12.0 Å². The van der Waals surface area contributed by atoms with Gasteiger partial charge < -0.3 is 24.6 Å². The monoisotopic (exact) mass is 501 g/mol. The van der Waals surface area contributed by atoms with Crippen molar-refractivity contribution in [2.75, 3.05) is 49.6 Å². The maximum atomic E-state index is 14.0. The van der Waals surface area contributed by atoms with Crippen LogP contribution in [0.3, 0.4) is 0 Å². The molecule has 0 radical (unpaired) electrons. The normalized spacial score (nSPS) is 16.9. The zero-order valence-electron chi connectivity index (χ0n) is 20.4. The third-order valence-electron chi connectivity index (χ3n) is 5.91. The third kappa shape index (κ3) is 5.03. The van der Waals surface area contributed by atoms with Crippen molar-refractivity contribution in [3.05, 3.63) is 36.2 Å². The second-order valence-electron chi connectivity index (χ2n) is 9.83. The van der Waals surface area contributed by atoms with E-state index in [1.807, 2.05) is 25.7 Å². The van der Waals surface area contributed by atoms with Crippen LogP contribution in [0.4, 0.5) is 25.3 Å². The van der Waals surface area contributed by atoms with Gasteiger partial charge in [-0.05, 0) is 32.9 Å². The van der Waals surface area contributed by atoms with Gasteiger partial charge in [0, 0.05) is 32.2 Å². The highest BCUT2D eigenvalue weighted by molar-refractivity contribution is 5.78. The molecule has 2 aliphatic heterocycles. The Morgan fingerprint density at radius 2 is 1.81 bits per heavy atom. The topological polar surface area (TPSA) is 97.6 Å². The number of rotatable bonds is 5. The number of amides is 1. The molecule has 0 saturated carbocycles. The number of para-hydroxylation sites is 2. The molecule has 2 aliphatic rings. The van der Waals surface area contributed by atoms with Crippen molar-refractivity contribution in [1.82, 2.24) is 24.4 Å². The van der Waals surface area contributed by atoms with Gasteiger partial charge >= 0.3 is 6.09 Å². The third-order valence-corrected chi connectivity index (χ3v) is 5.91. The van der Waals surface area contributed by atoms with Crippen LogP contribution in [0.5, 0.6) is 0 Å². The molecule has 0 aliphatic carbocycles. The summed E-state index contributed by atoms with van der Waals surface area (Å²) < 4.78 is 40.2. The first kappa shape index (κ1) is 24.2. The first-order chi connectivity index (χ1) is 17.2. The average molecular weight is 502 g/mol. The number of carbonyl (C=O) groups excluding carboxylic acids is 1. The van der Waals surface area contributed by atoms with E-state index in [0.717, 1.165) is 0 Å². The lowest BCUT2D eigenvalue weighted by Crippen LogP contribution is -2.58. The van der Waals surface area contributed by atoms with Crippen molar-refractivity contribution in [1.29, 1.82) is 0 Å². The van der Waals surface area contributed by atoms with Gasteiger partial charge in [0.1, 0.15) is 17.2 Å². The lowest BCUT2D eigenvalue weighted by Gasteiger charge is -2.40. The van der Waals surface area contributed by atoms with Crippen molar-refractivity contribution < 1.29 is 23.0 Å². The Morgan fingerprint density at radius 3 is 2.50 bits per heavy atom. The molecule has 0 atom stereocenters. The van der Waals surface area contributed by atoms with Gasteiger partial charge in [-0.15, -0.1) is 0 Å². The van der Waals surface area contributed by atoms with Crippen LogP contribution in [0, 0.1) is 0 Å². The number of morpholine rings is 1. The number of nitrogens with zero attached hydrogens (tertiary/aromatic N) is 6. The maximum Gasteiger partial charge on any atom is 0.410 e. The smallest absolute Gasteiger partial charge is 0.410 e. The highest BCUT2D eigenvalue weighted by Gasteiger charge is 2.34. The van der Waals surface area contributed by atoms with Gasteiger partial charge in [0.15, 0.2) is 5.82 Å². The number of fused-ring (bicyclic) bond motifs is 1. The van der Waals surface area contributed by atoms with Crippen molar-refractivity contribution in [3.8, 4) is 5.82 Å². The number of aromatic nitrogens is 4. The largest absolute Gasteiger partial charge is 0.444 e. The Bertz CT molecular complexity index is 1250. The van der Waals surface area contributed by atoms with Crippen molar-refractivity contribution in [2.45, 2.75) is 38.8 Å². The summed E-state index contributed by atoms with van der Waals surface area (Å²) in [7, 11) is 0. The van der Waals surface area contributed by atoms with E-state index in [-0.39, 0.29) is 18.0 Å². The molecule has 36 heavy (non-hydrogen) atoms. The number of anilines is 2. The summed E-state index contributed by atoms with van der Waals surface area (Å²) in [6.07, 6.45) is -3.17. The summed E-state index contributed by atoms with van der Waals surface area (Å²) in [4.78, 5) is 29.3. The second-order valence-corrected chi connectivity index (χ2v) is 9.83. The van der Waals surface area contributed by atoms with Crippen LogP contribution in [0.2, 0.25) is 0 Å². The fourth-order valence-electron chi connectivity index (χ4n) is 4.22. The Morgan fingerprint density at radius 1 is 1.11 bits per heavy atom. The number of imidazole rings is 1. The standard InChI is InChI=1S/C24H29F2N7O3/c1-24(2,3)36-23(34)32-13-15(14-32)27-22-29-18(31-8-10-35-11-9-31)12-19(30-22)33-17-7-5-4-6-16(17)28-21(33)20(25)26/h4-7,12,15,20H,8-11,13-14H2,1-3H3,(H,27,29,30). The number of hydrogen-bond acceptors (Lipinski definition) is 8. The molecule has 1 N–H and O–H groups in total. The quantitative estimate of drug-likeness (QED) is 0.566. The van der Waals surface area contributed by atoms with Crippen LogP contribution in [0.25, 0.3) is 16.9 Å². The van der Waals surface area contributed by atoms with Gasteiger partial charge in [0.2, 0.25) is 5.95 Å². The van der Waals surface area contributed by atoms with E-state index in [0.29, 0.717) is 68.0 Å². The number of carbonyl (C=O) groups is 1. The molecule has 192 valence electrons. The zero-order valence-corrected chi connectivity index (χ0v) is 20.4. The van der Waals surface area contributed by atoms with Gasteiger partial charge in [0.05, 0.1) is 30.3 Å². The molecule has 1 aromatic carbocycles. The van der Waals surface area contributed by atoms with Gasteiger partial charge in [0.25, 0.3) is 6.43 Å². The van der Waals surface area contributed by atoms with Crippen LogP contribution in [0.15, 0.2) is 30.3 Å². The number of alkyl halides is 2. The van der Waals surface area contributed by atoms with Gasteiger partial charge in [-0.25, -0.2) is 18.6 Å².